The Hall–Kier alpha value is -2.14. The molecule has 4 N–H and O–H groups in total. The highest BCUT2D eigenvalue weighted by atomic mass is 32.2. The molecule has 1 aliphatic rings. The zero-order valence-electron chi connectivity index (χ0n) is 17.7. The van der Waals surface area contributed by atoms with E-state index in [0.717, 1.165) is 40.5 Å². The molecule has 0 aliphatic carbocycles. The van der Waals surface area contributed by atoms with Gasteiger partial charge in [-0.15, -0.1) is 0 Å². The van der Waals surface area contributed by atoms with Crippen LogP contribution in [0.15, 0.2) is 53.7 Å². The van der Waals surface area contributed by atoms with Crippen LogP contribution in [0, 0.1) is 0 Å². The second-order valence-corrected chi connectivity index (χ2v) is 8.84. The lowest BCUT2D eigenvalue weighted by Crippen LogP contribution is -2.57. The Morgan fingerprint density at radius 3 is 2.50 bits per heavy atom. The molecule has 8 nitrogen and oxygen atoms in total. The number of aliphatic hydroxyl groups is 4. The van der Waals surface area contributed by atoms with E-state index in [4.69, 9.17) is 14.5 Å². The molecule has 1 saturated heterocycles. The van der Waals surface area contributed by atoms with Gasteiger partial charge in [0, 0.05) is 0 Å². The average Bonchev–Trinajstić information content (AvgIpc) is 3.15. The zero-order valence-corrected chi connectivity index (χ0v) is 18.6. The Morgan fingerprint density at radius 1 is 1.03 bits per heavy atom. The van der Waals surface area contributed by atoms with Crippen molar-refractivity contribution in [1.29, 1.82) is 0 Å². The Balaban J connectivity index is 1.60. The van der Waals surface area contributed by atoms with E-state index in [1.54, 1.807) is 0 Å². The van der Waals surface area contributed by atoms with Crippen molar-refractivity contribution in [2.75, 3.05) is 13.2 Å². The average molecular weight is 461 g/mol. The van der Waals surface area contributed by atoms with Crippen LogP contribution in [0.3, 0.4) is 0 Å². The van der Waals surface area contributed by atoms with Gasteiger partial charge < -0.3 is 34.5 Å². The van der Waals surface area contributed by atoms with E-state index in [-0.39, 0.29) is 0 Å². The fourth-order valence-corrected chi connectivity index (χ4v) is 4.81. The minimum Gasteiger partial charge on any atom is -0.494 e. The first kappa shape index (κ1) is 23.0. The van der Waals surface area contributed by atoms with E-state index < -0.39 is 36.5 Å². The van der Waals surface area contributed by atoms with Gasteiger partial charge in [-0.05, 0) is 36.2 Å². The largest absolute Gasteiger partial charge is 0.494 e. The summed E-state index contributed by atoms with van der Waals surface area (Å²) in [4.78, 5) is 4.69. The summed E-state index contributed by atoms with van der Waals surface area (Å²) in [6.07, 6.45) is -4.16. The monoisotopic (exact) mass is 460 g/mol. The number of aliphatic hydroxyl groups excluding tert-OH is 4. The normalized spacial score (nSPS) is 25.8. The van der Waals surface area contributed by atoms with Crippen molar-refractivity contribution in [3.63, 3.8) is 0 Å². The van der Waals surface area contributed by atoms with Crippen molar-refractivity contribution in [2.45, 2.75) is 54.9 Å². The first-order chi connectivity index (χ1) is 15.5. The first-order valence-corrected chi connectivity index (χ1v) is 11.5. The molecule has 0 radical (unpaired) electrons. The lowest BCUT2D eigenvalue weighted by atomic mass is 10.0. The highest BCUT2D eigenvalue weighted by molar-refractivity contribution is 7.99. The van der Waals surface area contributed by atoms with Gasteiger partial charge in [-0.25, -0.2) is 4.98 Å². The summed E-state index contributed by atoms with van der Waals surface area (Å²) in [5.41, 5.74) is 1.87. The van der Waals surface area contributed by atoms with Crippen molar-refractivity contribution < 1.29 is 29.9 Å². The quantitative estimate of drug-likeness (QED) is 0.402. The zero-order chi connectivity index (χ0) is 22.7. The Labute approximate surface area is 190 Å². The highest BCUT2D eigenvalue weighted by Gasteiger charge is 2.44. The van der Waals surface area contributed by atoms with Gasteiger partial charge in [-0.2, -0.15) is 0 Å². The van der Waals surface area contributed by atoms with Crippen LogP contribution in [0.5, 0.6) is 5.75 Å². The van der Waals surface area contributed by atoms with E-state index in [0.29, 0.717) is 18.3 Å². The summed E-state index contributed by atoms with van der Waals surface area (Å²) in [5, 5.41) is 40.7. The molecule has 0 spiro atoms. The highest BCUT2D eigenvalue weighted by Crippen LogP contribution is 2.35. The van der Waals surface area contributed by atoms with Crippen LogP contribution < -0.4 is 4.74 Å². The minimum absolute atomic E-state index is 0.467. The lowest BCUT2D eigenvalue weighted by molar-refractivity contribution is -0.205. The number of hydrogen-bond donors (Lipinski definition) is 4. The van der Waals surface area contributed by atoms with Gasteiger partial charge in [0.15, 0.2) is 5.16 Å². The molecule has 3 aromatic rings. The van der Waals surface area contributed by atoms with E-state index in [2.05, 4.69) is 6.92 Å². The maximum atomic E-state index is 10.5. The molecule has 0 bridgehead atoms. The number of aromatic nitrogens is 2. The summed E-state index contributed by atoms with van der Waals surface area (Å²) in [6.45, 7) is 2.80. The number of benzene rings is 2. The van der Waals surface area contributed by atoms with Gasteiger partial charge in [-0.1, -0.05) is 43.0 Å². The molecule has 0 amide bonds. The number of hydrogen-bond acceptors (Lipinski definition) is 8. The number of imidazole rings is 1. The second kappa shape index (κ2) is 10.2. The first-order valence-electron chi connectivity index (χ1n) is 10.7. The van der Waals surface area contributed by atoms with Gasteiger partial charge in [0.2, 0.25) is 0 Å². The van der Waals surface area contributed by atoms with Crippen molar-refractivity contribution >= 4 is 22.8 Å². The fraction of sp³-hybridized carbons (Fsp3) is 0.435. The number of thioether (sulfide) groups is 1. The van der Waals surface area contributed by atoms with Gasteiger partial charge in [-0.3, -0.25) is 0 Å². The third-order valence-electron chi connectivity index (χ3n) is 5.43. The van der Waals surface area contributed by atoms with Gasteiger partial charge in [0.1, 0.15) is 35.6 Å². The van der Waals surface area contributed by atoms with Crippen molar-refractivity contribution in [1.82, 2.24) is 9.55 Å². The van der Waals surface area contributed by atoms with E-state index in [9.17, 15) is 20.4 Å². The van der Waals surface area contributed by atoms with Crippen LogP contribution in [0.25, 0.3) is 11.0 Å². The minimum atomic E-state index is -1.42. The molecule has 5 atom stereocenters. The molecule has 2 heterocycles. The third kappa shape index (κ3) is 4.78. The van der Waals surface area contributed by atoms with Crippen molar-refractivity contribution in [2.24, 2.45) is 0 Å². The second-order valence-electron chi connectivity index (χ2n) is 7.78. The van der Waals surface area contributed by atoms with E-state index in [1.165, 1.54) is 0 Å². The Kier molecular flexibility index (Phi) is 7.34. The molecule has 1 fully saturated rings. The van der Waals surface area contributed by atoms with Crippen LogP contribution >= 0.6 is 11.8 Å². The third-order valence-corrected chi connectivity index (χ3v) is 6.57. The number of fused-ring (bicyclic) bond motifs is 1. The molecule has 0 saturated carbocycles. The summed E-state index contributed by atoms with van der Waals surface area (Å²) in [6, 6.07) is 15.6. The number of rotatable bonds is 8. The van der Waals surface area contributed by atoms with Gasteiger partial charge in [0.05, 0.1) is 30.8 Å². The molecular weight excluding hydrogens is 432 g/mol. The van der Waals surface area contributed by atoms with Crippen LogP contribution in [-0.2, 0) is 11.3 Å². The maximum absolute atomic E-state index is 10.5. The molecule has 32 heavy (non-hydrogen) atoms. The number of ether oxygens (including phenoxy) is 2. The van der Waals surface area contributed by atoms with Crippen LogP contribution in [-0.4, -0.2) is 73.0 Å². The van der Waals surface area contributed by atoms with Crippen LogP contribution in [0.4, 0.5) is 0 Å². The summed E-state index contributed by atoms with van der Waals surface area (Å²) in [7, 11) is 0. The summed E-state index contributed by atoms with van der Waals surface area (Å²) in [5.74, 6) is 0.821. The standard InChI is InChI=1S/C23H28N2O6S/c1-2-11-30-15-9-7-14(8-10-15)12-25-17-6-4-3-5-16(17)24-23(25)32-22-21(29)20(28)19(27)18(13-26)31-22/h3-10,18-22,26-29H,2,11-13H2,1H3. The molecule has 2 aromatic carbocycles. The SMILES string of the molecule is CCCOc1ccc(Cn2c(SC3OC(CO)C(O)C(O)C3O)nc3ccccc32)cc1. The van der Waals surface area contributed by atoms with Crippen LogP contribution in [0.2, 0.25) is 0 Å². The predicted molar refractivity (Wildman–Crippen MR) is 121 cm³/mol. The molecule has 1 aromatic heterocycles. The molecular formula is C23H28N2O6S. The topological polar surface area (TPSA) is 117 Å². The van der Waals surface area contributed by atoms with Gasteiger partial charge >= 0.3 is 0 Å². The van der Waals surface area contributed by atoms with E-state index >= 15 is 0 Å². The maximum Gasteiger partial charge on any atom is 0.171 e. The Bertz CT molecular complexity index is 1030. The smallest absolute Gasteiger partial charge is 0.171 e. The molecule has 4 rings (SSSR count). The lowest BCUT2D eigenvalue weighted by Gasteiger charge is -2.39. The summed E-state index contributed by atoms with van der Waals surface area (Å²) < 4.78 is 13.3. The molecule has 5 unspecified atom stereocenters. The van der Waals surface area contributed by atoms with Crippen molar-refractivity contribution in [3.8, 4) is 5.75 Å². The number of nitrogens with zero attached hydrogens (tertiary/aromatic N) is 2. The predicted octanol–water partition coefficient (Wildman–Crippen LogP) is 1.77. The molecule has 9 heteroatoms. The molecule has 172 valence electrons. The number of para-hydroxylation sites is 2. The fourth-order valence-electron chi connectivity index (χ4n) is 3.66. The molecule has 1 aliphatic heterocycles. The summed E-state index contributed by atoms with van der Waals surface area (Å²) >= 11 is 1.16. The van der Waals surface area contributed by atoms with Crippen molar-refractivity contribution in [3.05, 3.63) is 54.1 Å². The van der Waals surface area contributed by atoms with E-state index in [1.807, 2.05) is 53.1 Å². The Morgan fingerprint density at radius 2 is 1.78 bits per heavy atom. The van der Waals surface area contributed by atoms with Crippen LogP contribution in [0.1, 0.15) is 18.9 Å². The van der Waals surface area contributed by atoms with Gasteiger partial charge in [0.25, 0.3) is 0 Å².